The Bertz CT molecular complexity index is 471. The van der Waals surface area contributed by atoms with E-state index in [1.54, 1.807) is 0 Å². The molecule has 0 saturated carbocycles. The van der Waals surface area contributed by atoms with Gasteiger partial charge in [-0.25, -0.2) is 4.79 Å². The zero-order chi connectivity index (χ0) is 15.0. The van der Waals surface area contributed by atoms with Crippen molar-refractivity contribution in [2.45, 2.75) is 45.4 Å². The van der Waals surface area contributed by atoms with Gasteiger partial charge < -0.3 is 15.5 Å². The molecule has 110 valence electrons. The van der Waals surface area contributed by atoms with Crippen LogP contribution in [0.15, 0.2) is 18.2 Å². The zero-order valence-electron chi connectivity index (χ0n) is 11.7. The Balaban J connectivity index is 2.49. The van der Waals surface area contributed by atoms with E-state index in [1.807, 2.05) is 0 Å². The predicted molar refractivity (Wildman–Crippen MR) is 77.1 cm³/mol. The number of carboxylic acids is 1. The fourth-order valence-corrected chi connectivity index (χ4v) is 1.87. The fourth-order valence-electron chi connectivity index (χ4n) is 1.87. The molecule has 5 heteroatoms. The van der Waals surface area contributed by atoms with E-state index in [4.69, 9.17) is 5.11 Å². The highest BCUT2D eigenvalue weighted by atomic mass is 16.4. The summed E-state index contributed by atoms with van der Waals surface area (Å²) in [4.78, 5) is 22.5. The van der Waals surface area contributed by atoms with E-state index >= 15 is 0 Å². The van der Waals surface area contributed by atoms with Crippen molar-refractivity contribution in [2.75, 3.05) is 5.32 Å². The number of hydrogen-bond donors (Lipinski definition) is 3. The molecule has 1 rings (SSSR count). The van der Waals surface area contributed by atoms with E-state index in [2.05, 4.69) is 12.2 Å². The molecule has 0 heterocycles. The molecule has 0 aliphatic carbocycles. The van der Waals surface area contributed by atoms with Gasteiger partial charge in [0.2, 0.25) is 5.91 Å². The number of anilines is 1. The number of carboxylic acid groups (broad SMARTS) is 1. The molecule has 1 aromatic rings. The van der Waals surface area contributed by atoms with Crippen LogP contribution >= 0.6 is 0 Å². The maximum absolute atomic E-state index is 11.7. The summed E-state index contributed by atoms with van der Waals surface area (Å²) in [7, 11) is 0. The largest absolute Gasteiger partial charge is 0.506 e. The summed E-state index contributed by atoms with van der Waals surface area (Å²) in [6.45, 7) is 2.13. The Hall–Kier alpha value is -2.04. The van der Waals surface area contributed by atoms with E-state index in [-0.39, 0.29) is 22.9 Å². The van der Waals surface area contributed by atoms with Gasteiger partial charge in [0.05, 0.1) is 11.3 Å². The molecule has 0 saturated heterocycles. The quantitative estimate of drug-likeness (QED) is 0.503. The number of hydrogen-bond acceptors (Lipinski definition) is 3. The second-order valence-corrected chi connectivity index (χ2v) is 4.75. The number of benzene rings is 1. The first-order valence-corrected chi connectivity index (χ1v) is 6.90. The van der Waals surface area contributed by atoms with E-state index in [0.717, 1.165) is 25.7 Å². The van der Waals surface area contributed by atoms with E-state index in [1.165, 1.54) is 24.6 Å². The lowest BCUT2D eigenvalue weighted by Gasteiger charge is -2.08. The lowest BCUT2D eigenvalue weighted by molar-refractivity contribution is -0.116. The molecule has 1 amide bonds. The average Bonchev–Trinajstić information content (AvgIpc) is 2.40. The summed E-state index contributed by atoms with van der Waals surface area (Å²) < 4.78 is 0. The minimum Gasteiger partial charge on any atom is -0.506 e. The SMILES string of the molecule is CCCCCCCC(=O)Nc1cc(C(=O)O)ccc1O. The van der Waals surface area contributed by atoms with Crippen molar-refractivity contribution < 1.29 is 19.8 Å². The number of carbonyl (C=O) groups is 2. The number of unbranched alkanes of at least 4 members (excludes halogenated alkanes) is 4. The van der Waals surface area contributed by atoms with Gasteiger partial charge in [0.15, 0.2) is 0 Å². The highest BCUT2D eigenvalue weighted by Crippen LogP contribution is 2.24. The highest BCUT2D eigenvalue weighted by Gasteiger charge is 2.10. The number of aromatic carboxylic acids is 1. The van der Waals surface area contributed by atoms with Crippen LogP contribution in [0, 0.1) is 0 Å². The topological polar surface area (TPSA) is 86.6 Å². The highest BCUT2D eigenvalue weighted by molar-refractivity contribution is 5.95. The van der Waals surface area contributed by atoms with Crippen LogP contribution in [0.2, 0.25) is 0 Å². The molecule has 5 nitrogen and oxygen atoms in total. The van der Waals surface area contributed by atoms with Gasteiger partial charge in [0.1, 0.15) is 5.75 Å². The van der Waals surface area contributed by atoms with Crippen molar-refractivity contribution in [1.29, 1.82) is 0 Å². The van der Waals surface area contributed by atoms with Gasteiger partial charge in [0, 0.05) is 6.42 Å². The number of nitrogens with one attached hydrogen (secondary N) is 1. The Kier molecular flexibility index (Phi) is 6.56. The summed E-state index contributed by atoms with van der Waals surface area (Å²) in [6.07, 6.45) is 5.61. The monoisotopic (exact) mass is 279 g/mol. The van der Waals surface area contributed by atoms with Gasteiger partial charge in [-0.1, -0.05) is 32.6 Å². The number of aromatic hydroxyl groups is 1. The Morgan fingerprint density at radius 1 is 1.15 bits per heavy atom. The number of amides is 1. The van der Waals surface area contributed by atoms with E-state index in [0.29, 0.717) is 6.42 Å². The summed E-state index contributed by atoms with van der Waals surface area (Å²) in [5.74, 6) is -1.44. The maximum Gasteiger partial charge on any atom is 0.335 e. The van der Waals surface area contributed by atoms with Crippen molar-refractivity contribution in [2.24, 2.45) is 0 Å². The first-order chi connectivity index (χ1) is 9.54. The summed E-state index contributed by atoms with van der Waals surface area (Å²) in [5, 5.41) is 21.0. The molecule has 1 aromatic carbocycles. The maximum atomic E-state index is 11.7. The Labute approximate surface area is 118 Å². The minimum atomic E-state index is -1.10. The molecule has 0 aliphatic heterocycles. The average molecular weight is 279 g/mol. The summed E-state index contributed by atoms with van der Waals surface area (Å²) in [6, 6.07) is 3.81. The molecular formula is C15H21NO4. The molecule has 0 atom stereocenters. The standard InChI is InChI=1S/C15H21NO4/c1-2-3-4-5-6-7-14(18)16-12-10-11(15(19)20)8-9-13(12)17/h8-10,17H,2-7H2,1H3,(H,16,18)(H,19,20). The lowest BCUT2D eigenvalue weighted by Crippen LogP contribution is -2.12. The van der Waals surface area contributed by atoms with Crippen LogP contribution in [-0.2, 0) is 4.79 Å². The third-order valence-corrected chi connectivity index (χ3v) is 3.02. The number of phenolic OH excluding ortho intramolecular Hbond substituents is 1. The van der Waals surface area contributed by atoms with Crippen LogP contribution in [0.5, 0.6) is 5.75 Å². The van der Waals surface area contributed by atoms with Crippen molar-refractivity contribution >= 4 is 17.6 Å². The van der Waals surface area contributed by atoms with Gasteiger partial charge in [-0.2, -0.15) is 0 Å². The van der Waals surface area contributed by atoms with Gasteiger partial charge in [0.25, 0.3) is 0 Å². The van der Waals surface area contributed by atoms with Crippen LogP contribution in [0.1, 0.15) is 55.8 Å². The Morgan fingerprint density at radius 3 is 2.50 bits per heavy atom. The lowest BCUT2D eigenvalue weighted by atomic mass is 10.1. The zero-order valence-corrected chi connectivity index (χ0v) is 11.7. The predicted octanol–water partition coefficient (Wildman–Crippen LogP) is 3.39. The van der Waals surface area contributed by atoms with Gasteiger partial charge in [-0.05, 0) is 24.6 Å². The van der Waals surface area contributed by atoms with Crippen LogP contribution in [0.25, 0.3) is 0 Å². The number of phenols is 1. The first kappa shape index (κ1) is 16.0. The minimum absolute atomic E-state index is 0.0287. The Morgan fingerprint density at radius 2 is 1.85 bits per heavy atom. The summed E-state index contributed by atoms with van der Waals surface area (Å²) in [5.41, 5.74) is 0.171. The molecule has 0 spiro atoms. The molecule has 0 fully saturated rings. The van der Waals surface area contributed by atoms with Crippen molar-refractivity contribution in [3.8, 4) is 5.75 Å². The third-order valence-electron chi connectivity index (χ3n) is 3.02. The number of carbonyl (C=O) groups excluding carboxylic acids is 1. The molecule has 3 N–H and O–H groups in total. The molecule has 0 bridgehead atoms. The fraction of sp³-hybridized carbons (Fsp3) is 0.467. The van der Waals surface area contributed by atoms with Gasteiger partial charge in [-0.3, -0.25) is 4.79 Å². The van der Waals surface area contributed by atoms with Gasteiger partial charge in [-0.15, -0.1) is 0 Å². The summed E-state index contributed by atoms with van der Waals surface area (Å²) >= 11 is 0. The first-order valence-electron chi connectivity index (χ1n) is 6.90. The van der Waals surface area contributed by atoms with Gasteiger partial charge >= 0.3 is 5.97 Å². The van der Waals surface area contributed by atoms with Crippen molar-refractivity contribution in [3.05, 3.63) is 23.8 Å². The van der Waals surface area contributed by atoms with E-state index < -0.39 is 5.97 Å². The molecule has 20 heavy (non-hydrogen) atoms. The smallest absolute Gasteiger partial charge is 0.335 e. The molecule has 0 aliphatic rings. The van der Waals surface area contributed by atoms with Crippen LogP contribution in [-0.4, -0.2) is 22.1 Å². The molecule has 0 radical (unpaired) electrons. The second kappa shape index (κ2) is 8.19. The van der Waals surface area contributed by atoms with Crippen LogP contribution in [0.4, 0.5) is 5.69 Å². The second-order valence-electron chi connectivity index (χ2n) is 4.75. The molecular weight excluding hydrogens is 258 g/mol. The molecule has 0 unspecified atom stereocenters. The molecule has 0 aromatic heterocycles. The third kappa shape index (κ3) is 5.30. The normalized spacial score (nSPS) is 10.2. The van der Waals surface area contributed by atoms with Crippen LogP contribution < -0.4 is 5.32 Å². The van der Waals surface area contributed by atoms with Crippen molar-refractivity contribution in [3.63, 3.8) is 0 Å². The van der Waals surface area contributed by atoms with Crippen LogP contribution in [0.3, 0.4) is 0 Å². The van der Waals surface area contributed by atoms with E-state index in [9.17, 15) is 14.7 Å². The number of rotatable bonds is 8. The van der Waals surface area contributed by atoms with Crippen molar-refractivity contribution in [1.82, 2.24) is 0 Å².